The van der Waals surface area contributed by atoms with Crippen LogP contribution < -0.4 is 10.6 Å². The molecule has 148 valence electrons. The fourth-order valence-corrected chi connectivity index (χ4v) is 2.43. The Labute approximate surface area is 160 Å². The zero-order valence-electron chi connectivity index (χ0n) is 16.6. The number of rotatable bonds is 8. The molecule has 0 bridgehead atoms. The van der Waals surface area contributed by atoms with Crippen LogP contribution in [-0.4, -0.2) is 35.9 Å². The van der Waals surface area contributed by atoms with E-state index < -0.39 is 29.8 Å². The van der Waals surface area contributed by atoms with Gasteiger partial charge in [0.15, 0.2) is 0 Å². The van der Waals surface area contributed by atoms with Gasteiger partial charge in [0.2, 0.25) is 12.0 Å². The number of carbonyl (C=O) groups is 2. The lowest BCUT2D eigenvalue weighted by Gasteiger charge is -2.24. The van der Waals surface area contributed by atoms with E-state index in [2.05, 4.69) is 15.6 Å². The van der Waals surface area contributed by atoms with Gasteiger partial charge in [-0.1, -0.05) is 44.2 Å². The van der Waals surface area contributed by atoms with Gasteiger partial charge in [0.1, 0.15) is 17.8 Å². The molecule has 1 aromatic carbocycles. The fraction of sp³-hybridized carbons (Fsp3) is 0.550. The van der Waals surface area contributed by atoms with Crippen LogP contribution in [0.5, 0.6) is 0 Å². The Morgan fingerprint density at radius 3 is 2.30 bits per heavy atom. The van der Waals surface area contributed by atoms with Crippen molar-refractivity contribution >= 4 is 18.1 Å². The molecule has 7 nitrogen and oxygen atoms in total. The number of benzene rings is 1. The average molecular weight is 375 g/mol. The molecule has 0 saturated heterocycles. The van der Waals surface area contributed by atoms with Crippen LogP contribution in [0.3, 0.4) is 0 Å². The van der Waals surface area contributed by atoms with Gasteiger partial charge < -0.3 is 15.4 Å². The van der Waals surface area contributed by atoms with Crippen LogP contribution in [0.2, 0.25) is 0 Å². The van der Waals surface area contributed by atoms with Gasteiger partial charge >= 0.3 is 6.09 Å². The zero-order valence-corrected chi connectivity index (χ0v) is 16.6. The molecule has 0 radical (unpaired) electrons. The molecule has 0 aliphatic carbocycles. The molecule has 1 rings (SSSR count). The minimum atomic E-state index is -0.862. The Morgan fingerprint density at radius 2 is 1.78 bits per heavy atom. The normalized spacial score (nSPS) is 13.3. The van der Waals surface area contributed by atoms with Crippen LogP contribution in [0.25, 0.3) is 0 Å². The molecule has 0 aliphatic rings. The van der Waals surface area contributed by atoms with Gasteiger partial charge in [0.05, 0.1) is 0 Å². The lowest BCUT2D eigenvalue weighted by molar-refractivity contribution is -0.123. The second-order valence-corrected chi connectivity index (χ2v) is 7.76. The minimum absolute atomic E-state index is 0.221. The maximum absolute atomic E-state index is 12.7. The molecule has 0 spiro atoms. The molecule has 7 heteroatoms. The maximum atomic E-state index is 12.7. The standard InChI is InChI=1S/C20H29N3O4/c1-14(2)11-17(21-13-24)23-18(25)16(12-15-9-7-6-8-10-15)22-19(26)27-20(3,4)5/h6-10,14,16-17H,11-12H2,1-5H3,(H,22,26)(H,23,25)/t16-,17-/m0/s1. The number of alkyl carbamates (subject to hydrolysis) is 1. The van der Waals surface area contributed by atoms with E-state index in [4.69, 9.17) is 4.74 Å². The average Bonchev–Trinajstić information content (AvgIpc) is 2.53. The summed E-state index contributed by atoms with van der Waals surface area (Å²) in [6.07, 6.45) is 0.893. The van der Waals surface area contributed by atoms with Crippen molar-refractivity contribution in [3.8, 4) is 0 Å². The van der Waals surface area contributed by atoms with Crippen molar-refractivity contribution in [1.29, 1.82) is 0 Å². The van der Waals surface area contributed by atoms with Crippen LogP contribution in [0, 0.1) is 5.92 Å². The summed E-state index contributed by atoms with van der Waals surface area (Å²) in [5.41, 5.74) is 0.202. The minimum Gasteiger partial charge on any atom is -0.444 e. The quantitative estimate of drug-likeness (QED) is 0.539. The lowest BCUT2D eigenvalue weighted by Crippen LogP contribution is -2.51. The highest BCUT2D eigenvalue weighted by atomic mass is 16.6. The number of isocyanates is 1. The first kappa shape index (κ1) is 22.4. The molecule has 27 heavy (non-hydrogen) atoms. The first-order chi connectivity index (χ1) is 12.6. The van der Waals surface area contributed by atoms with Gasteiger partial charge in [-0.15, -0.1) is 0 Å². The van der Waals surface area contributed by atoms with E-state index in [1.807, 2.05) is 44.2 Å². The largest absolute Gasteiger partial charge is 0.444 e. The summed E-state index contributed by atoms with van der Waals surface area (Å²) in [4.78, 5) is 39.2. The molecule has 0 saturated carbocycles. The van der Waals surface area contributed by atoms with Gasteiger partial charge in [-0.25, -0.2) is 9.59 Å². The van der Waals surface area contributed by atoms with E-state index in [1.54, 1.807) is 20.8 Å². The van der Waals surface area contributed by atoms with Crippen molar-refractivity contribution in [3.05, 3.63) is 35.9 Å². The lowest BCUT2D eigenvalue weighted by atomic mass is 10.0. The predicted octanol–water partition coefficient (Wildman–Crippen LogP) is 2.95. The number of hydrogen-bond acceptors (Lipinski definition) is 5. The summed E-state index contributed by atoms with van der Waals surface area (Å²) in [7, 11) is 0. The van der Waals surface area contributed by atoms with Crippen molar-refractivity contribution in [2.24, 2.45) is 10.9 Å². The third kappa shape index (κ3) is 9.56. The summed E-state index contributed by atoms with van der Waals surface area (Å²) in [6, 6.07) is 8.46. The first-order valence-corrected chi connectivity index (χ1v) is 9.01. The van der Waals surface area contributed by atoms with Crippen LogP contribution in [0.1, 0.15) is 46.6 Å². The molecule has 2 N–H and O–H groups in total. The number of amides is 2. The van der Waals surface area contributed by atoms with E-state index in [0.29, 0.717) is 6.42 Å². The molecule has 2 atom stereocenters. The number of ether oxygens (including phenoxy) is 1. The molecule has 0 fully saturated rings. The Hall–Kier alpha value is -2.66. The highest BCUT2D eigenvalue weighted by Crippen LogP contribution is 2.10. The van der Waals surface area contributed by atoms with Gasteiger partial charge in [-0.05, 0) is 38.7 Å². The van der Waals surface area contributed by atoms with Crippen molar-refractivity contribution in [1.82, 2.24) is 10.6 Å². The molecular formula is C20H29N3O4. The SMILES string of the molecule is CC(C)C[C@@H](N=C=O)NC(=O)[C@H](Cc1ccccc1)NC(=O)OC(C)(C)C. The molecule has 2 amide bonds. The molecule has 1 aromatic rings. The second-order valence-electron chi connectivity index (χ2n) is 7.76. The van der Waals surface area contributed by atoms with Crippen LogP contribution >= 0.6 is 0 Å². The van der Waals surface area contributed by atoms with Crippen LogP contribution in [0.4, 0.5) is 4.79 Å². The van der Waals surface area contributed by atoms with Gasteiger partial charge in [0.25, 0.3) is 0 Å². The Balaban J connectivity index is 2.92. The second kappa shape index (κ2) is 10.5. The Morgan fingerprint density at radius 1 is 1.15 bits per heavy atom. The third-order valence-electron chi connectivity index (χ3n) is 3.50. The summed E-state index contributed by atoms with van der Waals surface area (Å²) in [5.74, 6) is -0.215. The number of aliphatic imine (C=N–C) groups is 1. The monoisotopic (exact) mass is 375 g/mol. The van der Waals surface area contributed by atoms with E-state index in [-0.39, 0.29) is 12.3 Å². The summed E-state index contributed by atoms with van der Waals surface area (Å²) in [5, 5.41) is 5.31. The summed E-state index contributed by atoms with van der Waals surface area (Å²) in [6.45, 7) is 9.16. The number of carbonyl (C=O) groups excluding carboxylic acids is 3. The zero-order chi connectivity index (χ0) is 20.4. The number of nitrogens with zero attached hydrogens (tertiary/aromatic N) is 1. The van der Waals surface area contributed by atoms with E-state index in [9.17, 15) is 14.4 Å². The van der Waals surface area contributed by atoms with Gasteiger partial charge in [-0.2, -0.15) is 4.99 Å². The fourth-order valence-electron chi connectivity index (χ4n) is 2.43. The number of hydrogen-bond donors (Lipinski definition) is 2. The van der Waals surface area contributed by atoms with Crippen molar-refractivity contribution < 1.29 is 19.1 Å². The highest BCUT2D eigenvalue weighted by Gasteiger charge is 2.26. The van der Waals surface area contributed by atoms with Gasteiger partial charge in [-0.3, -0.25) is 4.79 Å². The first-order valence-electron chi connectivity index (χ1n) is 9.01. The Bertz CT molecular complexity index is 662. The smallest absolute Gasteiger partial charge is 0.408 e. The van der Waals surface area contributed by atoms with Crippen molar-refractivity contribution in [3.63, 3.8) is 0 Å². The van der Waals surface area contributed by atoms with E-state index >= 15 is 0 Å². The van der Waals surface area contributed by atoms with Gasteiger partial charge in [0, 0.05) is 6.42 Å². The van der Waals surface area contributed by atoms with Crippen LogP contribution in [-0.2, 0) is 20.7 Å². The molecule has 0 heterocycles. The third-order valence-corrected chi connectivity index (χ3v) is 3.50. The maximum Gasteiger partial charge on any atom is 0.408 e. The molecule has 0 unspecified atom stereocenters. The van der Waals surface area contributed by atoms with Crippen LogP contribution in [0.15, 0.2) is 35.3 Å². The predicted molar refractivity (Wildman–Crippen MR) is 103 cm³/mol. The van der Waals surface area contributed by atoms with Crippen molar-refractivity contribution in [2.45, 2.75) is 65.3 Å². The topological polar surface area (TPSA) is 96.9 Å². The molecule has 0 aliphatic heterocycles. The summed E-state index contributed by atoms with van der Waals surface area (Å²) >= 11 is 0. The molecule has 0 aromatic heterocycles. The summed E-state index contributed by atoms with van der Waals surface area (Å²) < 4.78 is 5.26. The van der Waals surface area contributed by atoms with Crippen molar-refractivity contribution in [2.75, 3.05) is 0 Å². The molecular weight excluding hydrogens is 346 g/mol. The van der Waals surface area contributed by atoms with E-state index in [0.717, 1.165) is 5.56 Å². The van der Waals surface area contributed by atoms with E-state index in [1.165, 1.54) is 6.08 Å². The number of nitrogens with one attached hydrogen (secondary N) is 2. The Kier molecular flexibility index (Phi) is 8.69. The highest BCUT2D eigenvalue weighted by molar-refractivity contribution is 5.86.